The van der Waals surface area contributed by atoms with Crippen LogP contribution in [0.25, 0.3) is 11.4 Å². The first-order valence-corrected chi connectivity index (χ1v) is 8.98. The molecule has 2 rings (SSSR count). The van der Waals surface area contributed by atoms with Crippen molar-refractivity contribution in [3.63, 3.8) is 0 Å². The van der Waals surface area contributed by atoms with Gasteiger partial charge < -0.3 is 0 Å². The number of nitrogens with zero attached hydrogens (tertiary/aromatic N) is 3. The van der Waals surface area contributed by atoms with Crippen molar-refractivity contribution in [1.29, 1.82) is 0 Å². The first-order valence-electron chi connectivity index (χ1n) is 5.88. The molecule has 0 radical (unpaired) electrons. The van der Waals surface area contributed by atoms with E-state index in [9.17, 15) is 8.42 Å². The summed E-state index contributed by atoms with van der Waals surface area (Å²) in [5.74, 6) is 0.467. The lowest BCUT2D eigenvalue weighted by Gasteiger charge is -2.14. The lowest BCUT2D eigenvalue weighted by molar-refractivity contribution is 0.530. The van der Waals surface area contributed by atoms with E-state index in [2.05, 4.69) is 26.1 Å². The van der Waals surface area contributed by atoms with Crippen LogP contribution in [-0.4, -0.2) is 23.2 Å². The maximum Gasteiger partial charge on any atom is 0.296 e. The molecule has 20 heavy (non-hydrogen) atoms. The molecule has 0 saturated heterocycles. The number of aromatic nitrogens is 3. The smallest absolute Gasteiger partial charge is 0.294 e. The monoisotopic (exact) mass is 377 g/mol. The largest absolute Gasteiger partial charge is 0.296 e. The van der Waals surface area contributed by atoms with E-state index in [-0.39, 0.29) is 11.2 Å². The Morgan fingerprint density at radius 2 is 1.95 bits per heavy atom. The Hall–Kier alpha value is -0.920. The van der Waals surface area contributed by atoms with Gasteiger partial charge in [0, 0.05) is 26.8 Å². The van der Waals surface area contributed by atoms with Gasteiger partial charge in [-0.1, -0.05) is 18.2 Å². The van der Waals surface area contributed by atoms with Gasteiger partial charge in [-0.3, -0.25) is 4.57 Å². The zero-order chi connectivity index (χ0) is 15.1. The van der Waals surface area contributed by atoms with Crippen LogP contribution in [0.1, 0.15) is 25.5 Å². The highest BCUT2D eigenvalue weighted by atomic mass is 79.9. The second-order valence-corrected chi connectivity index (χ2v) is 7.90. The fourth-order valence-electron chi connectivity index (χ4n) is 1.91. The molecule has 0 aliphatic carbocycles. The van der Waals surface area contributed by atoms with Gasteiger partial charge in [-0.05, 0) is 42.3 Å². The molecule has 0 spiro atoms. The normalized spacial score (nSPS) is 12.1. The fraction of sp³-hybridized carbons (Fsp3) is 0.333. The molecule has 0 atom stereocenters. The summed E-state index contributed by atoms with van der Waals surface area (Å²) < 4.78 is 25.5. The maximum absolute atomic E-state index is 11.6. The standard InChI is InChI=1S/C12H13BrClN3O2S/c1-7(2)17-11(15-16-12(17)20(14,18)19)9-6-4-5-8(3)10(9)13/h4-7H,1-3H3. The lowest BCUT2D eigenvalue weighted by atomic mass is 10.1. The van der Waals surface area contributed by atoms with Gasteiger partial charge in [0.05, 0.1) is 0 Å². The van der Waals surface area contributed by atoms with E-state index in [1.54, 1.807) is 0 Å². The van der Waals surface area contributed by atoms with Crippen molar-refractivity contribution in [2.75, 3.05) is 0 Å². The molecule has 0 amide bonds. The van der Waals surface area contributed by atoms with E-state index in [0.29, 0.717) is 5.82 Å². The Labute approximate surface area is 130 Å². The topological polar surface area (TPSA) is 64.8 Å². The fourth-order valence-corrected chi connectivity index (χ4v) is 3.34. The zero-order valence-electron chi connectivity index (χ0n) is 11.1. The molecule has 0 saturated carbocycles. The van der Waals surface area contributed by atoms with E-state index in [1.165, 1.54) is 4.57 Å². The van der Waals surface area contributed by atoms with Gasteiger partial charge in [0.1, 0.15) is 0 Å². The number of hydrogen-bond acceptors (Lipinski definition) is 4. The Balaban J connectivity index is 2.76. The van der Waals surface area contributed by atoms with Gasteiger partial charge in [0.2, 0.25) is 0 Å². The van der Waals surface area contributed by atoms with Crippen LogP contribution in [0.2, 0.25) is 0 Å². The zero-order valence-corrected chi connectivity index (χ0v) is 14.3. The summed E-state index contributed by atoms with van der Waals surface area (Å²) in [4.78, 5) is 0. The third-order valence-corrected chi connectivity index (χ3v) is 5.01. The van der Waals surface area contributed by atoms with Gasteiger partial charge in [0.15, 0.2) is 5.82 Å². The van der Waals surface area contributed by atoms with Crippen molar-refractivity contribution in [3.8, 4) is 11.4 Å². The van der Waals surface area contributed by atoms with Crippen LogP contribution < -0.4 is 0 Å². The summed E-state index contributed by atoms with van der Waals surface area (Å²) >= 11 is 3.50. The molecule has 2 aromatic rings. The highest BCUT2D eigenvalue weighted by molar-refractivity contribution is 9.10. The predicted molar refractivity (Wildman–Crippen MR) is 81.3 cm³/mol. The molecule has 0 fully saturated rings. The molecule has 1 heterocycles. The third kappa shape index (κ3) is 2.75. The summed E-state index contributed by atoms with van der Waals surface area (Å²) in [5, 5.41) is 7.49. The second-order valence-electron chi connectivity index (χ2n) is 4.64. The number of halogens is 2. The van der Waals surface area contributed by atoms with Crippen molar-refractivity contribution < 1.29 is 8.42 Å². The van der Waals surface area contributed by atoms with Crippen molar-refractivity contribution in [2.24, 2.45) is 0 Å². The minimum Gasteiger partial charge on any atom is -0.294 e. The Morgan fingerprint density at radius 1 is 1.30 bits per heavy atom. The Morgan fingerprint density at radius 3 is 2.50 bits per heavy atom. The molecule has 1 aromatic carbocycles. The first kappa shape index (κ1) is 15.5. The predicted octanol–water partition coefficient (Wildman–Crippen LogP) is 3.52. The van der Waals surface area contributed by atoms with E-state index in [4.69, 9.17) is 10.7 Å². The molecule has 0 unspecified atom stereocenters. The summed E-state index contributed by atoms with van der Waals surface area (Å²) in [6.45, 7) is 5.65. The summed E-state index contributed by atoms with van der Waals surface area (Å²) in [7, 11) is 1.47. The van der Waals surface area contributed by atoms with E-state index in [1.807, 2.05) is 39.0 Å². The molecule has 0 N–H and O–H groups in total. The first-order chi connectivity index (χ1) is 9.23. The van der Waals surface area contributed by atoms with Gasteiger partial charge in [0.25, 0.3) is 14.2 Å². The van der Waals surface area contributed by atoms with Gasteiger partial charge >= 0.3 is 0 Å². The number of rotatable bonds is 3. The van der Waals surface area contributed by atoms with Crippen LogP contribution in [0.3, 0.4) is 0 Å². The van der Waals surface area contributed by atoms with Crippen molar-refractivity contribution in [3.05, 3.63) is 28.2 Å². The van der Waals surface area contributed by atoms with E-state index >= 15 is 0 Å². The third-order valence-electron chi connectivity index (χ3n) is 2.83. The van der Waals surface area contributed by atoms with Crippen LogP contribution in [-0.2, 0) is 9.05 Å². The molecular weight excluding hydrogens is 366 g/mol. The Kier molecular flexibility index (Phi) is 4.22. The minimum absolute atomic E-state index is 0.143. The van der Waals surface area contributed by atoms with Gasteiger partial charge in [-0.15, -0.1) is 10.2 Å². The summed E-state index contributed by atoms with van der Waals surface area (Å²) in [6.07, 6.45) is 0. The average molecular weight is 379 g/mol. The quantitative estimate of drug-likeness (QED) is 0.766. The molecule has 0 bridgehead atoms. The van der Waals surface area contributed by atoms with Crippen molar-refractivity contribution in [1.82, 2.24) is 14.8 Å². The maximum atomic E-state index is 11.6. The highest BCUT2D eigenvalue weighted by Crippen LogP contribution is 2.32. The minimum atomic E-state index is -3.94. The average Bonchev–Trinajstić information content (AvgIpc) is 2.77. The van der Waals surface area contributed by atoms with Crippen LogP contribution in [0.15, 0.2) is 27.8 Å². The van der Waals surface area contributed by atoms with Crippen LogP contribution in [0, 0.1) is 6.92 Å². The number of hydrogen-bond donors (Lipinski definition) is 0. The number of benzene rings is 1. The lowest BCUT2D eigenvalue weighted by Crippen LogP contribution is -2.10. The van der Waals surface area contributed by atoms with Crippen LogP contribution in [0.4, 0.5) is 0 Å². The molecule has 0 aliphatic rings. The summed E-state index contributed by atoms with van der Waals surface area (Å²) in [6, 6.07) is 5.54. The van der Waals surface area contributed by atoms with Crippen molar-refractivity contribution >= 4 is 35.7 Å². The summed E-state index contributed by atoms with van der Waals surface area (Å²) in [5.41, 5.74) is 1.80. The SMILES string of the molecule is Cc1cccc(-c2nnc(S(=O)(=O)Cl)n2C(C)C)c1Br. The second kappa shape index (κ2) is 5.46. The molecular formula is C12H13BrClN3O2S. The molecule has 108 valence electrons. The van der Waals surface area contributed by atoms with Gasteiger partial charge in [-0.25, -0.2) is 8.42 Å². The van der Waals surface area contributed by atoms with Crippen LogP contribution in [0.5, 0.6) is 0 Å². The molecule has 1 aromatic heterocycles. The van der Waals surface area contributed by atoms with Gasteiger partial charge in [-0.2, -0.15) is 0 Å². The van der Waals surface area contributed by atoms with E-state index in [0.717, 1.165) is 15.6 Å². The van der Waals surface area contributed by atoms with Crippen LogP contribution >= 0.6 is 26.6 Å². The highest BCUT2D eigenvalue weighted by Gasteiger charge is 2.25. The molecule has 8 heteroatoms. The molecule has 0 aliphatic heterocycles. The number of aryl methyl sites for hydroxylation is 1. The van der Waals surface area contributed by atoms with E-state index < -0.39 is 9.05 Å². The Bertz CT molecular complexity index is 756. The van der Waals surface area contributed by atoms with Crippen molar-refractivity contribution in [2.45, 2.75) is 32.0 Å². The molecule has 5 nitrogen and oxygen atoms in total.